The minimum absolute atomic E-state index is 0.997. The maximum absolute atomic E-state index is 2.40. The molecule has 14 heavy (non-hydrogen) atoms. The molecule has 0 aromatic heterocycles. The molecule has 2 atom stereocenters. The van der Waals surface area contributed by atoms with Crippen LogP contribution in [0.3, 0.4) is 0 Å². The molecule has 1 aliphatic rings. The van der Waals surface area contributed by atoms with Crippen LogP contribution in [0.2, 0.25) is 0 Å². The number of hydrogen-bond acceptors (Lipinski definition) is 0. The Labute approximate surface area is 92.5 Å². The SMILES string of the molecule is CC.CC.CCCC1CC(C)C(C)C1. The molecule has 0 bridgehead atoms. The Kier molecular flexibility index (Phi) is 13.0. The molecule has 0 nitrogen and oxygen atoms in total. The van der Waals surface area contributed by atoms with Crippen LogP contribution in [0, 0.1) is 17.8 Å². The second kappa shape index (κ2) is 11.1. The monoisotopic (exact) mass is 200 g/mol. The highest BCUT2D eigenvalue weighted by atomic mass is 14.3. The first-order chi connectivity index (χ1) is 6.74. The van der Waals surface area contributed by atoms with E-state index in [1.54, 1.807) is 0 Å². The van der Waals surface area contributed by atoms with Gasteiger partial charge in [0.2, 0.25) is 0 Å². The third-order valence-electron chi connectivity index (χ3n) is 3.08. The lowest BCUT2D eigenvalue weighted by Gasteiger charge is -2.05. The average Bonchev–Trinajstić information content (AvgIpc) is 2.53. The van der Waals surface area contributed by atoms with Gasteiger partial charge < -0.3 is 0 Å². The van der Waals surface area contributed by atoms with E-state index >= 15 is 0 Å². The molecule has 1 fully saturated rings. The van der Waals surface area contributed by atoms with Gasteiger partial charge in [0.05, 0.1) is 0 Å². The van der Waals surface area contributed by atoms with Crippen LogP contribution in [-0.2, 0) is 0 Å². The quantitative estimate of drug-likeness (QED) is 0.550. The van der Waals surface area contributed by atoms with Gasteiger partial charge in [-0.2, -0.15) is 0 Å². The normalized spacial score (nSPS) is 29.8. The van der Waals surface area contributed by atoms with E-state index in [0.29, 0.717) is 0 Å². The molecule has 1 aliphatic carbocycles. The Morgan fingerprint density at radius 1 is 0.857 bits per heavy atom. The fraction of sp³-hybridized carbons (Fsp3) is 1.00. The van der Waals surface area contributed by atoms with Crippen LogP contribution in [-0.4, -0.2) is 0 Å². The van der Waals surface area contributed by atoms with Crippen molar-refractivity contribution in [3.8, 4) is 0 Å². The Morgan fingerprint density at radius 3 is 1.50 bits per heavy atom. The molecule has 0 heteroatoms. The fourth-order valence-electron chi connectivity index (χ4n) is 2.26. The first kappa shape index (κ1) is 16.4. The predicted molar refractivity (Wildman–Crippen MR) is 68.7 cm³/mol. The minimum atomic E-state index is 0.997. The van der Waals surface area contributed by atoms with Crippen molar-refractivity contribution >= 4 is 0 Å². The molecule has 1 rings (SSSR count). The third kappa shape index (κ3) is 6.45. The second-order valence-electron chi connectivity index (χ2n) is 4.08. The van der Waals surface area contributed by atoms with Crippen molar-refractivity contribution in [2.45, 2.75) is 74.1 Å². The van der Waals surface area contributed by atoms with Crippen LogP contribution in [0.15, 0.2) is 0 Å². The number of hydrogen-bond donors (Lipinski definition) is 0. The molecular formula is C14H32. The van der Waals surface area contributed by atoms with Gasteiger partial charge in [0, 0.05) is 0 Å². The Balaban J connectivity index is 0. The van der Waals surface area contributed by atoms with Gasteiger partial charge in [-0.25, -0.2) is 0 Å². The first-order valence-electron chi connectivity index (χ1n) is 6.74. The van der Waals surface area contributed by atoms with Crippen molar-refractivity contribution in [2.75, 3.05) is 0 Å². The zero-order valence-corrected chi connectivity index (χ0v) is 11.6. The lowest BCUT2D eigenvalue weighted by atomic mass is 10.0. The minimum Gasteiger partial charge on any atom is -0.0683 e. The van der Waals surface area contributed by atoms with Crippen LogP contribution in [0.1, 0.15) is 74.1 Å². The molecule has 1 saturated carbocycles. The molecule has 88 valence electrons. The topological polar surface area (TPSA) is 0 Å². The van der Waals surface area contributed by atoms with Crippen LogP contribution in [0.4, 0.5) is 0 Å². The molecule has 0 aromatic rings. The van der Waals surface area contributed by atoms with Gasteiger partial charge >= 0.3 is 0 Å². The van der Waals surface area contributed by atoms with E-state index < -0.39 is 0 Å². The molecule has 0 heterocycles. The summed E-state index contributed by atoms with van der Waals surface area (Å²) < 4.78 is 0. The van der Waals surface area contributed by atoms with E-state index in [1.807, 2.05) is 27.7 Å². The van der Waals surface area contributed by atoms with Gasteiger partial charge in [-0.05, 0) is 30.6 Å². The highest BCUT2D eigenvalue weighted by molar-refractivity contribution is 4.77. The van der Waals surface area contributed by atoms with Crippen LogP contribution < -0.4 is 0 Å². The summed E-state index contributed by atoms with van der Waals surface area (Å²) in [7, 11) is 0. The Hall–Kier alpha value is 0. The summed E-state index contributed by atoms with van der Waals surface area (Å²) in [5.41, 5.74) is 0. The van der Waals surface area contributed by atoms with Gasteiger partial charge in [0.25, 0.3) is 0 Å². The zero-order valence-electron chi connectivity index (χ0n) is 11.6. The van der Waals surface area contributed by atoms with E-state index in [-0.39, 0.29) is 0 Å². The molecular weight excluding hydrogens is 168 g/mol. The lowest BCUT2D eigenvalue weighted by Crippen LogP contribution is -1.95. The van der Waals surface area contributed by atoms with Gasteiger partial charge in [-0.3, -0.25) is 0 Å². The van der Waals surface area contributed by atoms with Crippen molar-refractivity contribution in [1.82, 2.24) is 0 Å². The Morgan fingerprint density at radius 2 is 1.21 bits per heavy atom. The standard InChI is InChI=1S/C10H20.2C2H6/c1-4-5-10-6-8(2)9(3)7-10;2*1-2/h8-10H,4-7H2,1-3H3;2*1-2H3. The molecule has 0 aromatic carbocycles. The van der Waals surface area contributed by atoms with Crippen molar-refractivity contribution in [3.05, 3.63) is 0 Å². The lowest BCUT2D eigenvalue weighted by molar-refractivity contribution is 0.457. The van der Waals surface area contributed by atoms with Crippen molar-refractivity contribution in [2.24, 2.45) is 17.8 Å². The molecule has 0 amide bonds. The molecule has 2 unspecified atom stereocenters. The van der Waals surface area contributed by atoms with E-state index in [1.165, 1.54) is 25.7 Å². The largest absolute Gasteiger partial charge is 0.0683 e. The third-order valence-corrected chi connectivity index (χ3v) is 3.08. The maximum atomic E-state index is 2.40. The summed E-state index contributed by atoms with van der Waals surface area (Å²) in [4.78, 5) is 0. The molecule has 0 aliphatic heterocycles. The highest BCUT2D eigenvalue weighted by Gasteiger charge is 2.26. The summed E-state index contributed by atoms with van der Waals surface area (Å²) in [6.45, 7) is 15.1. The van der Waals surface area contributed by atoms with Gasteiger partial charge in [-0.15, -0.1) is 0 Å². The van der Waals surface area contributed by atoms with Crippen molar-refractivity contribution in [1.29, 1.82) is 0 Å². The van der Waals surface area contributed by atoms with Crippen LogP contribution in [0.5, 0.6) is 0 Å². The smallest absolute Gasteiger partial charge is 0.0409 e. The van der Waals surface area contributed by atoms with E-state index in [9.17, 15) is 0 Å². The molecule has 0 radical (unpaired) electrons. The predicted octanol–water partition coefficient (Wildman–Crippen LogP) is 5.52. The average molecular weight is 200 g/mol. The van der Waals surface area contributed by atoms with Gasteiger partial charge in [-0.1, -0.05) is 61.3 Å². The summed E-state index contributed by atoms with van der Waals surface area (Å²) in [6.07, 6.45) is 5.84. The summed E-state index contributed by atoms with van der Waals surface area (Å²) in [5.74, 6) is 3.06. The molecule has 0 saturated heterocycles. The van der Waals surface area contributed by atoms with E-state index in [0.717, 1.165) is 17.8 Å². The molecule has 0 N–H and O–H groups in total. The molecule has 0 spiro atoms. The van der Waals surface area contributed by atoms with Gasteiger partial charge in [0.1, 0.15) is 0 Å². The van der Waals surface area contributed by atoms with Crippen LogP contribution in [0.25, 0.3) is 0 Å². The first-order valence-corrected chi connectivity index (χ1v) is 6.74. The van der Waals surface area contributed by atoms with Gasteiger partial charge in [0.15, 0.2) is 0 Å². The summed E-state index contributed by atoms with van der Waals surface area (Å²) >= 11 is 0. The highest BCUT2D eigenvalue weighted by Crippen LogP contribution is 2.37. The van der Waals surface area contributed by atoms with E-state index in [2.05, 4.69) is 20.8 Å². The fourth-order valence-corrected chi connectivity index (χ4v) is 2.26. The van der Waals surface area contributed by atoms with Crippen molar-refractivity contribution < 1.29 is 0 Å². The van der Waals surface area contributed by atoms with E-state index in [4.69, 9.17) is 0 Å². The second-order valence-corrected chi connectivity index (χ2v) is 4.08. The summed E-state index contributed by atoms with van der Waals surface area (Å²) in [6, 6.07) is 0. The Bertz CT molecular complexity index is 86.2. The number of rotatable bonds is 2. The zero-order chi connectivity index (χ0) is 11.6. The van der Waals surface area contributed by atoms with Crippen molar-refractivity contribution in [3.63, 3.8) is 0 Å². The maximum Gasteiger partial charge on any atom is -0.0409 e. The van der Waals surface area contributed by atoms with Crippen LogP contribution >= 0.6 is 0 Å². The summed E-state index contributed by atoms with van der Waals surface area (Å²) in [5, 5.41) is 0.